The van der Waals surface area contributed by atoms with Gasteiger partial charge in [-0.1, -0.05) is 13.8 Å². The van der Waals surface area contributed by atoms with Crippen LogP contribution in [-0.2, 0) is 27.7 Å². The minimum absolute atomic E-state index is 0.0543. The number of nitrogens with zero attached hydrogens (tertiary/aromatic N) is 8. The van der Waals surface area contributed by atoms with Gasteiger partial charge in [-0.25, -0.2) is 19.9 Å². The van der Waals surface area contributed by atoms with E-state index in [-0.39, 0.29) is 43.3 Å². The van der Waals surface area contributed by atoms with Crippen LogP contribution in [0.4, 0.5) is 11.6 Å². The van der Waals surface area contributed by atoms with Gasteiger partial charge in [0.25, 0.3) is 0 Å². The summed E-state index contributed by atoms with van der Waals surface area (Å²) in [5.74, 6) is 0.339. The highest BCUT2D eigenvalue weighted by atomic mass is 35.5. The Bertz CT molecular complexity index is 1980. The number of aliphatic hydroxyl groups excluding tert-OH is 5. The molecule has 9 N–H and O–H groups in total. The highest BCUT2D eigenvalue weighted by molar-refractivity contribution is 7.57. The number of rotatable bonds is 10. The van der Waals surface area contributed by atoms with Crippen LogP contribution in [0.2, 0.25) is 5.28 Å². The minimum atomic E-state index is -2.75. The van der Waals surface area contributed by atoms with Crippen molar-refractivity contribution in [2.75, 3.05) is 71.7 Å². The van der Waals surface area contributed by atoms with Crippen molar-refractivity contribution in [3.05, 3.63) is 24.3 Å². The molecule has 8 atom stereocenters. The smallest absolute Gasteiger partial charge is 0.226 e. The second-order valence-corrected chi connectivity index (χ2v) is 19.5. The van der Waals surface area contributed by atoms with Gasteiger partial charge in [-0.05, 0) is 11.6 Å². The van der Waals surface area contributed by atoms with Crippen LogP contribution in [0.3, 0.4) is 0 Å². The third kappa shape index (κ3) is 8.82. The fraction of sp³-hybridized carbons (Fsp3) is 0.655. The van der Waals surface area contributed by atoms with Gasteiger partial charge in [0.1, 0.15) is 42.0 Å². The number of nitrogen functional groups attached to an aromatic ring is 2. The highest BCUT2D eigenvalue weighted by Gasteiger charge is 2.55. The molecule has 2 aliphatic heterocycles. The molecule has 4 aromatic rings. The summed E-state index contributed by atoms with van der Waals surface area (Å²) in [5, 5.41) is 48.1. The molecule has 2 unspecified atom stereocenters. The zero-order valence-electron chi connectivity index (χ0n) is 30.2. The van der Waals surface area contributed by atoms with Crippen LogP contribution >= 0.6 is 26.3 Å². The van der Waals surface area contributed by atoms with Crippen molar-refractivity contribution in [2.24, 2.45) is 10.8 Å². The van der Waals surface area contributed by atoms with Crippen LogP contribution in [0, 0.1) is 10.8 Å². The maximum Gasteiger partial charge on any atom is 0.226 e. The highest BCUT2D eigenvalue weighted by Crippen LogP contribution is 2.49. The number of aliphatic hydroxyl groups is 5. The molecule has 53 heavy (non-hydrogen) atoms. The van der Waals surface area contributed by atoms with E-state index in [1.165, 1.54) is 50.2 Å². The van der Waals surface area contributed by atoms with E-state index < -0.39 is 62.4 Å². The molecule has 24 heteroatoms. The largest absolute Gasteiger partial charge is 0.400 e. The molecule has 0 saturated carbocycles. The SMILES string of the molecule is CO.C[C@]1(CO)C(O)[C@@H](COP(C)(C)=O)O[C@H]1n1cnc2c(N)nc(Cl)nc21.C[C@]1(CO)C(O)[C@@H](COP(C)(C)=O)O[C@H]1n1cnc2c(N)ncnc21. The second kappa shape index (κ2) is 16.4. The summed E-state index contributed by atoms with van der Waals surface area (Å²) in [6, 6.07) is 0. The number of hydrogen-bond donors (Lipinski definition) is 7. The van der Waals surface area contributed by atoms with Gasteiger partial charge in [0.2, 0.25) is 5.28 Å². The number of anilines is 2. The Morgan fingerprint density at radius 2 is 1.21 bits per heavy atom. The van der Waals surface area contributed by atoms with E-state index in [1.54, 1.807) is 18.4 Å². The molecule has 0 amide bonds. The Labute approximate surface area is 309 Å². The van der Waals surface area contributed by atoms with Gasteiger partial charge < -0.3 is 55.5 Å². The van der Waals surface area contributed by atoms with Crippen LogP contribution in [0.5, 0.6) is 0 Å². The summed E-state index contributed by atoms with van der Waals surface area (Å²) in [4.78, 5) is 24.4. The van der Waals surface area contributed by atoms with Crippen molar-refractivity contribution < 1.29 is 53.2 Å². The molecule has 6 heterocycles. The molecule has 2 fully saturated rings. The number of nitrogens with two attached hydrogens (primary N) is 2. The second-order valence-electron chi connectivity index (χ2n) is 13.7. The molecule has 2 saturated heterocycles. The van der Waals surface area contributed by atoms with Crippen LogP contribution in [0.25, 0.3) is 22.3 Å². The van der Waals surface area contributed by atoms with Gasteiger partial charge in [-0.2, -0.15) is 9.97 Å². The summed E-state index contributed by atoms with van der Waals surface area (Å²) < 4.78 is 49.2. The topological polar surface area (TPSA) is 311 Å². The minimum Gasteiger partial charge on any atom is -0.400 e. The van der Waals surface area contributed by atoms with Gasteiger partial charge in [0.15, 0.2) is 37.7 Å². The van der Waals surface area contributed by atoms with Gasteiger partial charge in [-0.15, -0.1) is 0 Å². The Morgan fingerprint density at radius 3 is 1.64 bits per heavy atom. The first-order valence-corrected chi connectivity index (χ1v) is 21.5. The molecule has 0 aromatic carbocycles. The molecule has 6 rings (SSSR count). The average Bonchev–Trinajstić information content (AvgIpc) is 3.84. The van der Waals surface area contributed by atoms with Gasteiger partial charge in [-0.3, -0.25) is 18.3 Å². The van der Waals surface area contributed by atoms with Crippen molar-refractivity contribution in [2.45, 2.75) is 50.7 Å². The first-order valence-electron chi connectivity index (χ1n) is 16.0. The summed E-state index contributed by atoms with van der Waals surface area (Å²) >= 11 is 5.89. The van der Waals surface area contributed by atoms with E-state index in [4.69, 9.17) is 46.7 Å². The normalized spacial score (nSPS) is 28.8. The van der Waals surface area contributed by atoms with Gasteiger partial charge >= 0.3 is 0 Å². The number of fused-ring (bicyclic) bond motifs is 2. The molecule has 0 spiro atoms. The predicted octanol–water partition coefficient (Wildman–Crippen LogP) is 0.701. The zero-order chi connectivity index (χ0) is 39.7. The van der Waals surface area contributed by atoms with E-state index in [1.807, 2.05) is 0 Å². The fourth-order valence-corrected chi connectivity index (χ4v) is 7.12. The van der Waals surface area contributed by atoms with Gasteiger partial charge in [0.05, 0.1) is 62.1 Å². The molecule has 296 valence electrons. The quantitative estimate of drug-likeness (QED) is 0.0856. The summed E-state index contributed by atoms with van der Waals surface area (Å²) in [5.41, 5.74) is 11.0. The number of halogens is 1. The van der Waals surface area contributed by atoms with Crippen LogP contribution in [-0.4, -0.2) is 149 Å². The number of aromatic nitrogens is 8. The molecular weight excluding hydrogens is 762 g/mol. The summed E-state index contributed by atoms with van der Waals surface area (Å²) in [7, 11) is -4.48. The Hall–Kier alpha value is -2.91. The Morgan fingerprint density at radius 1 is 0.774 bits per heavy atom. The summed E-state index contributed by atoms with van der Waals surface area (Å²) in [6.45, 7) is 8.42. The van der Waals surface area contributed by atoms with E-state index in [0.29, 0.717) is 22.3 Å². The number of imidazole rings is 2. The maximum atomic E-state index is 11.8. The van der Waals surface area contributed by atoms with Crippen molar-refractivity contribution >= 4 is 60.3 Å². The standard InChI is InChI=1S/C14H21ClN5O5P.C14H22N5O5P.CH4O/c1-14(5-21)9(22)7(4-24-26(2,3)23)25-12(14)20-6-17-8-10(16)18-13(15)19-11(8)20;1-14(5-20)10(21)8(4-23-25(2,3)22)24-13(14)19-7-18-9-11(15)16-6-17-12(9)19;1-2/h6-7,9,12,21-22H,4-5H2,1-3H3,(H2,16,18,19);6-8,10,13,20-21H,4-5H2,1-3H3,(H2,15,16,17);2H,1H3/t7-,9?,12-,14+;8-,10?,13-,14+;/m11./s1. The van der Waals surface area contributed by atoms with E-state index in [9.17, 15) is 29.6 Å². The third-order valence-electron chi connectivity index (χ3n) is 8.89. The maximum absolute atomic E-state index is 11.8. The lowest BCUT2D eigenvalue weighted by Crippen LogP contribution is -2.41. The molecule has 0 bridgehead atoms. The van der Waals surface area contributed by atoms with Crippen LogP contribution in [0.15, 0.2) is 19.0 Å². The molecule has 0 radical (unpaired) electrons. The third-order valence-corrected chi connectivity index (χ3v) is 10.6. The molecule has 0 aliphatic carbocycles. The molecule has 21 nitrogen and oxygen atoms in total. The van der Waals surface area contributed by atoms with Crippen molar-refractivity contribution in [1.82, 2.24) is 39.0 Å². The zero-order valence-corrected chi connectivity index (χ0v) is 32.8. The molecule has 2 aliphatic rings. The van der Waals surface area contributed by atoms with E-state index in [2.05, 4.69) is 29.9 Å². The average molecular weight is 809 g/mol. The predicted molar refractivity (Wildman–Crippen MR) is 194 cm³/mol. The molecular formula is C29H47ClN10O11P2. The van der Waals surface area contributed by atoms with Gasteiger partial charge in [0, 0.05) is 33.8 Å². The van der Waals surface area contributed by atoms with E-state index >= 15 is 0 Å². The van der Waals surface area contributed by atoms with Crippen molar-refractivity contribution in [3.63, 3.8) is 0 Å². The van der Waals surface area contributed by atoms with E-state index in [0.717, 1.165) is 7.11 Å². The lowest BCUT2D eigenvalue weighted by Gasteiger charge is -2.31. The monoisotopic (exact) mass is 808 g/mol. The number of hydrogen-bond acceptors (Lipinski definition) is 19. The van der Waals surface area contributed by atoms with Crippen molar-refractivity contribution in [1.29, 1.82) is 0 Å². The fourth-order valence-electron chi connectivity index (χ4n) is 5.93. The Kier molecular flexibility index (Phi) is 13.3. The first kappa shape index (κ1) is 42.8. The molecule has 4 aromatic heterocycles. The van der Waals surface area contributed by atoms with Crippen LogP contribution in [0.1, 0.15) is 26.3 Å². The Balaban J connectivity index is 0.000000226. The number of ether oxygens (including phenoxy) is 2. The first-order chi connectivity index (χ1) is 24.7. The lowest BCUT2D eigenvalue weighted by molar-refractivity contribution is -0.0570. The van der Waals surface area contributed by atoms with Crippen LogP contribution < -0.4 is 11.5 Å². The lowest BCUT2D eigenvalue weighted by atomic mass is 9.83. The van der Waals surface area contributed by atoms with Crippen molar-refractivity contribution in [3.8, 4) is 0 Å². The summed E-state index contributed by atoms with van der Waals surface area (Å²) in [6.07, 6.45) is -1.01.